The van der Waals surface area contributed by atoms with Gasteiger partial charge in [0.15, 0.2) is 0 Å². The Morgan fingerprint density at radius 3 is 2.70 bits per heavy atom. The molecule has 2 rings (SSSR count). The van der Waals surface area contributed by atoms with Crippen LogP contribution in [-0.2, 0) is 6.54 Å². The first-order chi connectivity index (χ1) is 9.52. The number of carbonyl (C=O) groups is 1. The number of aromatic nitrogens is 1. The minimum atomic E-state index is -1.14. The molecule has 0 aliphatic heterocycles. The lowest BCUT2D eigenvalue weighted by Crippen LogP contribution is -2.25. The van der Waals surface area contributed by atoms with E-state index in [0.717, 1.165) is 11.1 Å². The van der Waals surface area contributed by atoms with Crippen LogP contribution in [0, 0.1) is 18.3 Å². The van der Waals surface area contributed by atoms with Gasteiger partial charge in [-0.25, -0.2) is 4.79 Å². The average Bonchev–Trinajstić information content (AvgIpc) is 2.42. The van der Waals surface area contributed by atoms with E-state index in [0.29, 0.717) is 5.56 Å². The van der Waals surface area contributed by atoms with E-state index in [4.69, 9.17) is 10.4 Å². The Bertz CT molecular complexity index is 769. The summed E-state index contributed by atoms with van der Waals surface area (Å²) in [5, 5.41) is 17.9. The first kappa shape index (κ1) is 13.6. The number of carboxylic acid groups (broad SMARTS) is 1. The minimum Gasteiger partial charge on any atom is -0.477 e. The highest BCUT2D eigenvalue weighted by atomic mass is 16.4. The second kappa shape index (κ2) is 5.41. The van der Waals surface area contributed by atoms with Crippen molar-refractivity contribution in [2.24, 2.45) is 0 Å². The summed E-state index contributed by atoms with van der Waals surface area (Å²) in [7, 11) is 0. The van der Waals surface area contributed by atoms with Crippen LogP contribution in [0.25, 0.3) is 0 Å². The molecular formula is C15H12N2O3. The number of pyridine rings is 1. The molecule has 0 amide bonds. The number of nitriles is 1. The van der Waals surface area contributed by atoms with Crippen molar-refractivity contribution in [2.45, 2.75) is 13.5 Å². The maximum Gasteiger partial charge on any atom is 0.352 e. The van der Waals surface area contributed by atoms with E-state index in [2.05, 4.69) is 0 Å². The van der Waals surface area contributed by atoms with Crippen molar-refractivity contribution in [3.63, 3.8) is 0 Å². The zero-order valence-corrected chi connectivity index (χ0v) is 10.8. The third-order valence-electron chi connectivity index (χ3n) is 3.07. The van der Waals surface area contributed by atoms with Gasteiger partial charge in [0.1, 0.15) is 5.69 Å². The van der Waals surface area contributed by atoms with Gasteiger partial charge in [-0.2, -0.15) is 5.26 Å². The van der Waals surface area contributed by atoms with E-state index in [1.807, 2.05) is 13.0 Å². The highest BCUT2D eigenvalue weighted by Gasteiger charge is 2.11. The van der Waals surface area contributed by atoms with Crippen molar-refractivity contribution in [2.75, 3.05) is 0 Å². The van der Waals surface area contributed by atoms with Crippen LogP contribution in [0.5, 0.6) is 0 Å². The van der Waals surface area contributed by atoms with Gasteiger partial charge in [-0.05, 0) is 36.2 Å². The molecule has 0 saturated heterocycles. The molecule has 0 radical (unpaired) electrons. The highest BCUT2D eigenvalue weighted by molar-refractivity contribution is 5.85. The summed E-state index contributed by atoms with van der Waals surface area (Å²) in [5.41, 5.74) is 1.76. The van der Waals surface area contributed by atoms with Crippen molar-refractivity contribution in [3.05, 3.63) is 69.1 Å². The van der Waals surface area contributed by atoms with Crippen molar-refractivity contribution in [3.8, 4) is 6.07 Å². The largest absolute Gasteiger partial charge is 0.477 e. The molecule has 1 N–H and O–H groups in total. The molecular weight excluding hydrogens is 256 g/mol. The number of hydrogen-bond acceptors (Lipinski definition) is 3. The predicted octanol–water partition coefficient (Wildman–Crippen LogP) is 1.77. The lowest BCUT2D eigenvalue weighted by atomic mass is 10.1. The van der Waals surface area contributed by atoms with Crippen LogP contribution in [0.4, 0.5) is 0 Å². The summed E-state index contributed by atoms with van der Waals surface area (Å²) >= 11 is 0. The Morgan fingerprint density at radius 2 is 2.10 bits per heavy atom. The van der Waals surface area contributed by atoms with E-state index >= 15 is 0 Å². The van der Waals surface area contributed by atoms with E-state index in [-0.39, 0.29) is 17.8 Å². The third-order valence-corrected chi connectivity index (χ3v) is 3.07. The van der Waals surface area contributed by atoms with Crippen LogP contribution < -0.4 is 5.56 Å². The van der Waals surface area contributed by atoms with Crippen LogP contribution in [0.2, 0.25) is 0 Å². The van der Waals surface area contributed by atoms with Gasteiger partial charge in [-0.15, -0.1) is 0 Å². The van der Waals surface area contributed by atoms with Crippen molar-refractivity contribution in [1.29, 1.82) is 5.26 Å². The molecule has 1 aromatic carbocycles. The fourth-order valence-corrected chi connectivity index (χ4v) is 1.98. The first-order valence-electron chi connectivity index (χ1n) is 5.95. The Labute approximate surface area is 115 Å². The Balaban J connectivity index is 2.48. The van der Waals surface area contributed by atoms with Gasteiger partial charge in [0, 0.05) is 6.07 Å². The Kier molecular flexibility index (Phi) is 3.67. The lowest BCUT2D eigenvalue weighted by Gasteiger charge is -2.11. The fourth-order valence-electron chi connectivity index (χ4n) is 1.98. The highest BCUT2D eigenvalue weighted by Crippen LogP contribution is 2.12. The fraction of sp³-hybridized carbons (Fsp3) is 0.133. The number of hydrogen-bond donors (Lipinski definition) is 1. The van der Waals surface area contributed by atoms with Gasteiger partial charge in [0.25, 0.3) is 5.56 Å². The zero-order valence-electron chi connectivity index (χ0n) is 10.8. The minimum absolute atomic E-state index is 0.0544. The standard InChI is InChI=1S/C15H12N2O3/c1-10-7-11(8-16)5-6-12(10)9-17-13(15(19)20)3-2-4-14(17)18/h2-7H,9H2,1H3,(H,19,20). The van der Waals surface area contributed by atoms with Gasteiger partial charge in [0.05, 0.1) is 18.2 Å². The maximum absolute atomic E-state index is 11.8. The van der Waals surface area contributed by atoms with Crippen molar-refractivity contribution in [1.82, 2.24) is 4.57 Å². The molecule has 0 atom stereocenters. The second-order valence-corrected chi connectivity index (χ2v) is 4.39. The number of nitrogens with zero attached hydrogens (tertiary/aromatic N) is 2. The first-order valence-corrected chi connectivity index (χ1v) is 5.95. The molecule has 5 heteroatoms. The summed E-state index contributed by atoms with van der Waals surface area (Å²) < 4.78 is 1.21. The molecule has 1 heterocycles. The number of benzene rings is 1. The normalized spacial score (nSPS) is 10.0. The van der Waals surface area contributed by atoms with Gasteiger partial charge in [-0.3, -0.25) is 9.36 Å². The molecule has 0 aliphatic rings. The quantitative estimate of drug-likeness (QED) is 0.919. The Morgan fingerprint density at radius 1 is 1.35 bits per heavy atom. The molecule has 0 spiro atoms. The van der Waals surface area contributed by atoms with E-state index < -0.39 is 5.97 Å². The van der Waals surface area contributed by atoms with Crippen LogP contribution in [-0.4, -0.2) is 15.6 Å². The van der Waals surface area contributed by atoms with Crippen molar-refractivity contribution >= 4 is 5.97 Å². The molecule has 5 nitrogen and oxygen atoms in total. The monoisotopic (exact) mass is 268 g/mol. The summed E-state index contributed by atoms with van der Waals surface area (Å²) in [6.07, 6.45) is 0. The van der Waals surface area contributed by atoms with Gasteiger partial charge < -0.3 is 5.11 Å². The molecule has 0 bridgehead atoms. The van der Waals surface area contributed by atoms with Gasteiger partial charge >= 0.3 is 5.97 Å². The van der Waals surface area contributed by atoms with Crippen LogP contribution in [0.3, 0.4) is 0 Å². The molecule has 2 aromatic rings. The molecule has 20 heavy (non-hydrogen) atoms. The average molecular weight is 268 g/mol. The smallest absolute Gasteiger partial charge is 0.352 e. The number of rotatable bonds is 3. The lowest BCUT2D eigenvalue weighted by molar-refractivity contribution is 0.0684. The second-order valence-electron chi connectivity index (χ2n) is 4.39. The zero-order chi connectivity index (χ0) is 14.7. The van der Waals surface area contributed by atoms with E-state index in [1.165, 1.54) is 22.8 Å². The predicted molar refractivity (Wildman–Crippen MR) is 72.7 cm³/mol. The molecule has 0 fully saturated rings. The molecule has 0 unspecified atom stereocenters. The number of aromatic carboxylic acids is 1. The van der Waals surface area contributed by atoms with Crippen LogP contribution >= 0.6 is 0 Å². The van der Waals surface area contributed by atoms with Gasteiger partial charge in [-0.1, -0.05) is 12.1 Å². The van der Waals surface area contributed by atoms with Crippen molar-refractivity contribution < 1.29 is 9.90 Å². The summed E-state index contributed by atoms with van der Waals surface area (Å²) in [5.74, 6) is -1.14. The van der Waals surface area contributed by atoms with E-state index in [9.17, 15) is 9.59 Å². The number of carboxylic acids is 1. The third kappa shape index (κ3) is 2.59. The topological polar surface area (TPSA) is 83.1 Å². The number of aryl methyl sites for hydroxylation is 1. The van der Waals surface area contributed by atoms with Crippen LogP contribution in [0.1, 0.15) is 27.2 Å². The Hall–Kier alpha value is -2.87. The molecule has 0 saturated carbocycles. The van der Waals surface area contributed by atoms with Crippen LogP contribution in [0.15, 0.2) is 41.2 Å². The molecule has 100 valence electrons. The SMILES string of the molecule is Cc1cc(C#N)ccc1Cn1c(C(=O)O)cccc1=O. The molecule has 0 aliphatic carbocycles. The summed E-state index contributed by atoms with van der Waals surface area (Å²) in [4.78, 5) is 23.0. The molecule has 1 aromatic heterocycles. The van der Waals surface area contributed by atoms with E-state index in [1.54, 1.807) is 18.2 Å². The summed E-state index contributed by atoms with van der Waals surface area (Å²) in [6.45, 7) is 1.99. The maximum atomic E-state index is 11.8. The van der Waals surface area contributed by atoms with Gasteiger partial charge in [0.2, 0.25) is 0 Å². The summed E-state index contributed by atoms with van der Waals surface area (Å²) in [6, 6.07) is 11.3.